The van der Waals surface area contributed by atoms with Crippen molar-refractivity contribution < 1.29 is 9.53 Å². The molecule has 0 fully saturated rings. The Balaban J connectivity index is 2.08. The third-order valence-corrected chi connectivity index (χ3v) is 3.21. The van der Waals surface area contributed by atoms with Gasteiger partial charge < -0.3 is 15.4 Å². The van der Waals surface area contributed by atoms with Crippen LogP contribution in [0.25, 0.3) is 0 Å². The number of nitrogens with one attached hydrogen (secondary N) is 2. The zero-order valence-electron chi connectivity index (χ0n) is 14.1. The van der Waals surface area contributed by atoms with Gasteiger partial charge in [0.05, 0.1) is 11.8 Å². The number of ether oxygens (including phenoxy) is 1. The predicted octanol–water partition coefficient (Wildman–Crippen LogP) is 4.81. The minimum Gasteiger partial charge on any atom is -0.489 e. The summed E-state index contributed by atoms with van der Waals surface area (Å²) in [6.45, 7) is 7.75. The average molecular weight is 312 g/mol. The first-order chi connectivity index (χ1) is 11.0. The summed E-state index contributed by atoms with van der Waals surface area (Å²) in [5.41, 5.74) is 2.65. The largest absolute Gasteiger partial charge is 0.489 e. The first kappa shape index (κ1) is 16.9. The Bertz CT molecular complexity index is 649. The van der Waals surface area contributed by atoms with Crippen LogP contribution < -0.4 is 15.4 Å². The van der Waals surface area contributed by atoms with Crippen LogP contribution in [0.3, 0.4) is 0 Å². The second kappa shape index (κ2) is 7.68. The SMILES string of the molecule is CC(C)Oc1ccccc1Nc1ccc(NC(=O)C(C)C)cc1. The number of amides is 1. The molecule has 0 bridgehead atoms. The highest BCUT2D eigenvalue weighted by molar-refractivity contribution is 5.92. The Kier molecular flexibility index (Phi) is 5.63. The van der Waals surface area contributed by atoms with Crippen LogP contribution in [0.15, 0.2) is 48.5 Å². The number of carbonyl (C=O) groups is 1. The van der Waals surface area contributed by atoms with Crippen LogP contribution in [0, 0.1) is 5.92 Å². The van der Waals surface area contributed by atoms with Crippen molar-refractivity contribution in [3.05, 3.63) is 48.5 Å². The summed E-state index contributed by atoms with van der Waals surface area (Å²) in [4.78, 5) is 11.7. The van der Waals surface area contributed by atoms with E-state index in [1.807, 2.05) is 76.2 Å². The molecule has 0 aliphatic rings. The van der Waals surface area contributed by atoms with E-state index >= 15 is 0 Å². The Morgan fingerprint density at radius 3 is 2.13 bits per heavy atom. The molecule has 0 aliphatic heterocycles. The molecule has 4 nitrogen and oxygen atoms in total. The Labute approximate surface area is 137 Å². The zero-order chi connectivity index (χ0) is 16.8. The molecule has 23 heavy (non-hydrogen) atoms. The van der Waals surface area contributed by atoms with Gasteiger partial charge in [0.25, 0.3) is 0 Å². The van der Waals surface area contributed by atoms with Crippen LogP contribution in [0.5, 0.6) is 5.75 Å². The first-order valence-electron chi connectivity index (χ1n) is 7.89. The monoisotopic (exact) mass is 312 g/mol. The molecule has 2 rings (SSSR count). The Morgan fingerprint density at radius 2 is 1.52 bits per heavy atom. The fourth-order valence-corrected chi connectivity index (χ4v) is 2.01. The van der Waals surface area contributed by atoms with Gasteiger partial charge in [0.2, 0.25) is 5.91 Å². The lowest BCUT2D eigenvalue weighted by molar-refractivity contribution is -0.118. The summed E-state index contributed by atoms with van der Waals surface area (Å²) in [5.74, 6) is 0.800. The van der Waals surface area contributed by atoms with Crippen molar-refractivity contribution in [1.29, 1.82) is 0 Å². The van der Waals surface area contributed by atoms with Crippen LogP contribution in [0.1, 0.15) is 27.7 Å². The summed E-state index contributed by atoms with van der Waals surface area (Å²) in [5, 5.41) is 6.22. The van der Waals surface area contributed by atoms with Crippen molar-refractivity contribution in [3.63, 3.8) is 0 Å². The molecule has 0 aromatic heterocycles. The predicted molar refractivity (Wildman–Crippen MR) is 95.4 cm³/mol. The van der Waals surface area contributed by atoms with E-state index in [0.29, 0.717) is 0 Å². The van der Waals surface area contributed by atoms with Crippen molar-refractivity contribution in [3.8, 4) is 5.75 Å². The molecule has 0 atom stereocenters. The molecule has 0 saturated heterocycles. The minimum absolute atomic E-state index is 0.0152. The minimum atomic E-state index is -0.0344. The quantitative estimate of drug-likeness (QED) is 0.804. The lowest BCUT2D eigenvalue weighted by Gasteiger charge is -2.15. The molecule has 0 saturated carbocycles. The van der Waals surface area contributed by atoms with Crippen molar-refractivity contribution in [1.82, 2.24) is 0 Å². The van der Waals surface area contributed by atoms with E-state index in [-0.39, 0.29) is 17.9 Å². The lowest BCUT2D eigenvalue weighted by atomic mass is 10.2. The number of hydrogen-bond donors (Lipinski definition) is 2. The van der Waals surface area contributed by atoms with Crippen LogP contribution in [-0.4, -0.2) is 12.0 Å². The maximum absolute atomic E-state index is 11.7. The van der Waals surface area contributed by atoms with Gasteiger partial charge in [-0.2, -0.15) is 0 Å². The highest BCUT2D eigenvalue weighted by Crippen LogP contribution is 2.28. The number of anilines is 3. The van der Waals surface area contributed by atoms with Crippen LogP contribution in [0.2, 0.25) is 0 Å². The summed E-state index contributed by atoms with van der Waals surface area (Å²) < 4.78 is 5.80. The Hall–Kier alpha value is -2.49. The zero-order valence-corrected chi connectivity index (χ0v) is 14.1. The van der Waals surface area contributed by atoms with E-state index in [0.717, 1.165) is 22.8 Å². The normalized spacial score (nSPS) is 10.7. The molecular weight excluding hydrogens is 288 g/mol. The van der Waals surface area contributed by atoms with Crippen LogP contribution >= 0.6 is 0 Å². The van der Waals surface area contributed by atoms with Gasteiger partial charge in [-0.25, -0.2) is 0 Å². The smallest absolute Gasteiger partial charge is 0.226 e. The molecule has 2 N–H and O–H groups in total. The first-order valence-corrected chi connectivity index (χ1v) is 7.89. The van der Waals surface area contributed by atoms with Gasteiger partial charge in [-0.1, -0.05) is 26.0 Å². The second-order valence-corrected chi connectivity index (χ2v) is 6.01. The molecule has 122 valence electrons. The average Bonchev–Trinajstić information content (AvgIpc) is 2.50. The fourth-order valence-electron chi connectivity index (χ4n) is 2.01. The molecule has 0 heterocycles. The topological polar surface area (TPSA) is 50.4 Å². The molecule has 2 aromatic rings. The maximum atomic E-state index is 11.7. The van der Waals surface area contributed by atoms with Crippen LogP contribution in [-0.2, 0) is 4.79 Å². The molecule has 1 amide bonds. The van der Waals surface area contributed by atoms with E-state index in [9.17, 15) is 4.79 Å². The fraction of sp³-hybridized carbons (Fsp3) is 0.316. The molecule has 4 heteroatoms. The summed E-state index contributed by atoms with van der Waals surface area (Å²) in [6.07, 6.45) is 0.117. The summed E-state index contributed by atoms with van der Waals surface area (Å²) >= 11 is 0. The molecule has 0 spiro atoms. The summed E-state index contributed by atoms with van der Waals surface area (Å²) in [6, 6.07) is 15.5. The van der Waals surface area contributed by atoms with Gasteiger partial charge in [-0.05, 0) is 50.2 Å². The Morgan fingerprint density at radius 1 is 0.913 bits per heavy atom. The summed E-state index contributed by atoms with van der Waals surface area (Å²) in [7, 11) is 0. The molecule has 0 unspecified atom stereocenters. The standard InChI is InChI=1S/C19H24N2O2/c1-13(2)19(22)21-16-11-9-15(10-12-16)20-17-7-5-6-8-18(17)23-14(3)4/h5-14,20H,1-4H3,(H,21,22). The van der Waals surface area contributed by atoms with Crippen LogP contribution in [0.4, 0.5) is 17.1 Å². The number of para-hydroxylation sites is 2. The molecular formula is C19H24N2O2. The third-order valence-electron chi connectivity index (χ3n) is 3.21. The highest BCUT2D eigenvalue weighted by Gasteiger charge is 2.08. The van der Waals surface area contributed by atoms with E-state index in [2.05, 4.69) is 10.6 Å². The van der Waals surface area contributed by atoms with Gasteiger partial charge in [-0.15, -0.1) is 0 Å². The van der Waals surface area contributed by atoms with E-state index < -0.39 is 0 Å². The highest BCUT2D eigenvalue weighted by atomic mass is 16.5. The molecule has 0 aliphatic carbocycles. The number of benzene rings is 2. The van der Waals surface area contributed by atoms with Crippen molar-refractivity contribution in [2.75, 3.05) is 10.6 Å². The number of hydrogen-bond acceptors (Lipinski definition) is 3. The van der Waals surface area contributed by atoms with Crippen molar-refractivity contribution >= 4 is 23.0 Å². The van der Waals surface area contributed by atoms with Gasteiger partial charge in [0.1, 0.15) is 5.75 Å². The number of carbonyl (C=O) groups excluding carboxylic acids is 1. The van der Waals surface area contributed by atoms with Gasteiger partial charge >= 0.3 is 0 Å². The van der Waals surface area contributed by atoms with E-state index in [1.165, 1.54) is 0 Å². The lowest BCUT2D eigenvalue weighted by Crippen LogP contribution is -2.17. The number of rotatable bonds is 6. The van der Waals surface area contributed by atoms with E-state index in [4.69, 9.17) is 4.74 Å². The molecule has 2 aromatic carbocycles. The maximum Gasteiger partial charge on any atom is 0.226 e. The van der Waals surface area contributed by atoms with Crippen molar-refractivity contribution in [2.45, 2.75) is 33.8 Å². The second-order valence-electron chi connectivity index (χ2n) is 6.01. The third kappa shape index (κ3) is 5.02. The van der Waals surface area contributed by atoms with Gasteiger partial charge in [0, 0.05) is 17.3 Å². The molecule has 0 radical (unpaired) electrons. The van der Waals surface area contributed by atoms with Crippen molar-refractivity contribution in [2.24, 2.45) is 5.92 Å². The van der Waals surface area contributed by atoms with Gasteiger partial charge in [0.15, 0.2) is 0 Å². The van der Waals surface area contributed by atoms with Gasteiger partial charge in [-0.3, -0.25) is 4.79 Å². The van der Waals surface area contributed by atoms with E-state index in [1.54, 1.807) is 0 Å².